The lowest BCUT2D eigenvalue weighted by molar-refractivity contribution is -0.180. The Hall–Kier alpha value is -0.660. The van der Waals surface area contributed by atoms with Gasteiger partial charge in [0.15, 0.2) is 5.79 Å². The molecule has 7 heteroatoms. The molecule has 2 saturated heterocycles. The van der Waals surface area contributed by atoms with Crippen LogP contribution >= 0.6 is 15.9 Å². The van der Waals surface area contributed by atoms with Crippen molar-refractivity contribution in [2.75, 3.05) is 5.33 Å². The third-order valence-electron chi connectivity index (χ3n) is 3.70. The van der Waals surface area contributed by atoms with Crippen molar-refractivity contribution in [3.63, 3.8) is 0 Å². The molecule has 0 N–H and O–H groups in total. The van der Waals surface area contributed by atoms with Gasteiger partial charge in [0, 0.05) is 12.8 Å². The summed E-state index contributed by atoms with van der Waals surface area (Å²) in [5.41, 5.74) is -1.21. The van der Waals surface area contributed by atoms with Crippen LogP contribution in [0.3, 0.4) is 0 Å². The molecular weight excluding hydrogens is 320 g/mol. The van der Waals surface area contributed by atoms with Crippen LogP contribution in [0.1, 0.15) is 26.7 Å². The van der Waals surface area contributed by atoms with Crippen LogP contribution in [-0.2, 0) is 28.5 Å². The standard InChI is InChI=1S/C12H15BrO6/c1-11(2)17-7-4-12(18-8(14)5-13)3-6(9(7)19-11)16-10(12)15/h6-7,9H,3-5H2,1-2H3/t6?,7?,9-,12+/m0/s1. The second kappa shape index (κ2) is 4.17. The third kappa shape index (κ3) is 2.08. The van der Waals surface area contributed by atoms with E-state index in [-0.39, 0.29) is 24.0 Å². The van der Waals surface area contributed by atoms with Gasteiger partial charge in [-0.1, -0.05) is 15.9 Å². The number of ether oxygens (including phenoxy) is 4. The summed E-state index contributed by atoms with van der Waals surface area (Å²) in [5.74, 6) is -1.67. The minimum absolute atomic E-state index is 0.0453. The Kier molecular flexibility index (Phi) is 2.92. The zero-order chi connectivity index (χ0) is 13.8. The third-order valence-corrected chi connectivity index (χ3v) is 4.16. The molecule has 4 atom stereocenters. The van der Waals surface area contributed by atoms with E-state index in [1.807, 2.05) is 13.8 Å². The van der Waals surface area contributed by atoms with Gasteiger partial charge in [0.25, 0.3) is 0 Å². The van der Waals surface area contributed by atoms with Gasteiger partial charge < -0.3 is 18.9 Å². The summed E-state index contributed by atoms with van der Waals surface area (Å²) in [6, 6.07) is 0. The maximum atomic E-state index is 12.0. The molecule has 0 aromatic heterocycles. The van der Waals surface area contributed by atoms with Crippen molar-refractivity contribution in [1.29, 1.82) is 0 Å². The highest BCUT2D eigenvalue weighted by atomic mass is 79.9. The van der Waals surface area contributed by atoms with E-state index in [0.717, 1.165) is 0 Å². The Morgan fingerprint density at radius 1 is 1.37 bits per heavy atom. The molecule has 2 aliphatic heterocycles. The minimum Gasteiger partial charge on any atom is -0.456 e. The van der Waals surface area contributed by atoms with Crippen LogP contribution in [0.25, 0.3) is 0 Å². The molecule has 19 heavy (non-hydrogen) atoms. The Labute approximate surface area is 118 Å². The number of fused-ring (bicyclic) bond motifs is 4. The Morgan fingerprint density at radius 2 is 2.05 bits per heavy atom. The highest BCUT2D eigenvalue weighted by Crippen LogP contribution is 2.48. The average Bonchev–Trinajstić information content (AvgIpc) is 2.75. The number of rotatable bonds is 2. The summed E-state index contributed by atoms with van der Waals surface area (Å²) in [6.07, 6.45) is -0.350. The fourth-order valence-corrected chi connectivity index (χ4v) is 3.19. The monoisotopic (exact) mass is 334 g/mol. The molecule has 6 nitrogen and oxygen atoms in total. The molecule has 0 spiro atoms. The van der Waals surface area contributed by atoms with Gasteiger partial charge in [-0.2, -0.15) is 0 Å². The summed E-state index contributed by atoms with van der Waals surface area (Å²) < 4.78 is 22.1. The van der Waals surface area contributed by atoms with Crippen LogP contribution < -0.4 is 0 Å². The Bertz CT molecular complexity index is 436. The van der Waals surface area contributed by atoms with Crippen molar-refractivity contribution in [2.45, 2.75) is 56.4 Å². The molecule has 1 saturated carbocycles. The molecule has 3 rings (SSSR count). The summed E-state index contributed by atoms with van der Waals surface area (Å²) in [4.78, 5) is 23.5. The largest absolute Gasteiger partial charge is 0.456 e. The fraction of sp³-hybridized carbons (Fsp3) is 0.833. The van der Waals surface area contributed by atoms with Gasteiger partial charge in [-0.25, -0.2) is 4.79 Å². The summed E-state index contributed by atoms with van der Waals surface area (Å²) in [6.45, 7) is 3.63. The highest BCUT2D eigenvalue weighted by Gasteiger charge is 2.65. The second-order valence-corrected chi connectivity index (χ2v) is 6.15. The van der Waals surface area contributed by atoms with Crippen molar-refractivity contribution in [3.8, 4) is 0 Å². The van der Waals surface area contributed by atoms with Crippen LogP contribution in [0.2, 0.25) is 0 Å². The van der Waals surface area contributed by atoms with Crippen LogP contribution in [0.15, 0.2) is 0 Å². The predicted octanol–water partition coefficient (Wildman–Crippen LogP) is 0.903. The molecule has 2 heterocycles. The molecule has 3 aliphatic rings. The van der Waals surface area contributed by atoms with Crippen LogP contribution in [0, 0.1) is 0 Å². The molecule has 0 amide bonds. The number of hydrogen-bond donors (Lipinski definition) is 0. The highest BCUT2D eigenvalue weighted by molar-refractivity contribution is 9.09. The van der Waals surface area contributed by atoms with Crippen molar-refractivity contribution < 1.29 is 28.5 Å². The zero-order valence-corrected chi connectivity index (χ0v) is 12.3. The number of esters is 2. The summed E-state index contributed by atoms with van der Waals surface area (Å²) >= 11 is 3.02. The first kappa shape index (κ1) is 13.3. The lowest BCUT2D eigenvalue weighted by Crippen LogP contribution is -2.49. The molecule has 3 fully saturated rings. The predicted molar refractivity (Wildman–Crippen MR) is 65.6 cm³/mol. The first-order valence-corrected chi connectivity index (χ1v) is 7.32. The Morgan fingerprint density at radius 3 is 2.74 bits per heavy atom. The van der Waals surface area contributed by atoms with Gasteiger partial charge in [-0.15, -0.1) is 0 Å². The number of carbonyl (C=O) groups excluding carboxylic acids is 2. The normalized spacial score (nSPS) is 42.7. The summed E-state index contributed by atoms with van der Waals surface area (Å²) in [7, 11) is 0. The smallest absolute Gasteiger partial charge is 0.351 e. The van der Waals surface area contributed by atoms with E-state index in [1.165, 1.54) is 0 Å². The maximum Gasteiger partial charge on any atom is 0.351 e. The molecule has 106 valence electrons. The van der Waals surface area contributed by atoms with Gasteiger partial charge in [0.1, 0.15) is 17.5 Å². The molecule has 0 radical (unpaired) electrons. The van der Waals surface area contributed by atoms with E-state index in [4.69, 9.17) is 18.9 Å². The van der Waals surface area contributed by atoms with Crippen molar-refractivity contribution in [3.05, 3.63) is 0 Å². The van der Waals surface area contributed by atoms with Gasteiger partial charge in [-0.05, 0) is 13.8 Å². The van der Waals surface area contributed by atoms with E-state index in [0.29, 0.717) is 6.42 Å². The van der Waals surface area contributed by atoms with Crippen LogP contribution in [0.4, 0.5) is 0 Å². The van der Waals surface area contributed by atoms with E-state index in [1.54, 1.807) is 0 Å². The van der Waals surface area contributed by atoms with E-state index in [9.17, 15) is 9.59 Å². The van der Waals surface area contributed by atoms with Crippen molar-refractivity contribution in [2.24, 2.45) is 0 Å². The number of carbonyl (C=O) groups is 2. The molecule has 1 aliphatic carbocycles. The first-order valence-electron chi connectivity index (χ1n) is 6.20. The van der Waals surface area contributed by atoms with E-state index >= 15 is 0 Å². The summed E-state index contributed by atoms with van der Waals surface area (Å²) in [5, 5.41) is 0.0453. The molecule has 0 aromatic rings. The number of hydrogen-bond acceptors (Lipinski definition) is 6. The van der Waals surface area contributed by atoms with Crippen LogP contribution in [-0.4, -0.2) is 47.0 Å². The number of alkyl halides is 1. The molecule has 0 aromatic carbocycles. The van der Waals surface area contributed by atoms with E-state index < -0.39 is 29.4 Å². The van der Waals surface area contributed by atoms with Crippen LogP contribution in [0.5, 0.6) is 0 Å². The average molecular weight is 335 g/mol. The van der Waals surface area contributed by atoms with Gasteiger partial charge in [-0.3, -0.25) is 4.79 Å². The molecule has 2 bridgehead atoms. The fourth-order valence-electron chi connectivity index (χ4n) is 3.08. The maximum absolute atomic E-state index is 12.0. The van der Waals surface area contributed by atoms with Crippen molar-refractivity contribution >= 4 is 27.9 Å². The lowest BCUT2D eigenvalue weighted by atomic mass is 9.82. The van der Waals surface area contributed by atoms with Crippen molar-refractivity contribution in [1.82, 2.24) is 0 Å². The first-order chi connectivity index (χ1) is 8.85. The van der Waals surface area contributed by atoms with E-state index in [2.05, 4.69) is 15.9 Å². The quantitative estimate of drug-likeness (QED) is 0.552. The topological polar surface area (TPSA) is 71.1 Å². The minimum atomic E-state index is -1.21. The van der Waals surface area contributed by atoms with Gasteiger partial charge in [0.2, 0.25) is 5.60 Å². The Balaban J connectivity index is 1.84. The zero-order valence-electron chi connectivity index (χ0n) is 10.7. The lowest BCUT2D eigenvalue weighted by Gasteiger charge is -2.32. The van der Waals surface area contributed by atoms with Gasteiger partial charge >= 0.3 is 11.9 Å². The molecular formula is C12H15BrO6. The molecule has 2 unspecified atom stereocenters. The van der Waals surface area contributed by atoms with Gasteiger partial charge in [0.05, 0.1) is 6.10 Å². The second-order valence-electron chi connectivity index (χ2n) is 5.59. The SMILES string of the molecule is CC1(C)OC2C[C@]3(OC(=O)CBr)CC(OC3=O)[C@@H]2O1. The number of halogens is 1.